The summed E-state index contributed by atoms with van der Waals surface area (Å²) in [6.45, 7) is 7.67. The van der Waals surface area contributed by atoms with Crippen LogP contribution in [0.3, 0.4) is 0 Å². The summed E-state index contributed by atoms with van der Waals surface area (Å²) in [5.74, 6) is 1.26. The van der Waals surface area contributed by atoms with Gasteiger partial charge in [0.25, 0.3) is 0 Å². The molecule has 0 unspecified atom stereocenters. The van der Waals surface area contributed by atoms with Gasteiger partial charge in [-0.05, 0) is 43.2 Å². The average Bonchev–Trinajstić information content (AvgIpc) is 2.97. The molecule has 0 aromatic carbocycles. The van der Waals surface area contributed by atoms with Gasteiger partial charge < -0.3 is 14.8 Å². The summed E-state index contributed by atoms with van der Waals surface area (Å²) in [4.78, 5) is 6.54. The molecule has 2 atom stereocenters. The molecule has 7 nitrogen and oxygen atoms in total. The van der Waals surface area contributed by atoms with E-state index in [1.165, 1.54) is 5.56 Å². The van der Waals surface area contributed by atoms with Crippen LogP contribution in [0, 0.1) is 12.8 Å². The Morgan fingerprint density at radius 3 is 2.93 bits per heavy atom. The molecule has 4 heterocycles. The maximum Gasteiger partial charge on any atom is 0.148 e. The minimum absolute atomic E-state index is 0.213. The molecule has 144 valence electrons. The lowest BCUT2D eigenvalue weighted by Crippen LogP contribution is -2.43. The number of hydrogen-bond donors (Lipinski definition) is 1. The van der Waals surface area contributed by atoms with Crippen LogP contribution < -0.4 is 5.32 Å². The normalized spacial score (nSPS) is 26.2. The summed E-state index contributed by atoms with van der Waals surface area (Å²) in [7, 11) is 0. The number of anilines is 1. The number of pyridine rings is 1. The second kappa shape index (κ2) is 8.29. The fourth-order valence-electron chi connectivity index (χ4n) is 3.89. The van der Waals surface area contributed by atoms with Crippen molar-refractivity contribution in [2.24, 2.45) is 5.92 Å². The van der Waals surface area contributed by atoms with E-state index in [1.807, 2.05) is 31.5 Å². The van der Waals surface area contributed by atoms with Crippen molar-refractivity contribution in [3.63, 3.8) is 0 Å². The van der Waals surface area contributed by atoms with E-state index in [2.05, 4.69) is 37.5 Å². The van der Waals surface area contributed by atoms with Crippen molar-refractivity contribution in [1.29, 1.82) is 0 Å². The first-order valence-electron chi connectivity index (χ1n) is 9.58. The summed E-state index contributed by atoms with van der Waals surface area (Å²) in [5, 5.41) is 11.7. The van der Waals surface area contributed by atoms with Crippen LogP contribution in [0.1, 0.15) is 17.7 Å². The van der Waals surface area contributed by atoms with Crippen LogP contribution in [0.15, 0.2) is 36.7 Å². The fourth-order valence-corrected chi connectivity index (χ4v) is 3.89. The number of aryl methyl sites for hydroxylation is 1. The summed E-state index contributed by atoms with van der Waals surface area (Å²) >= 11 is 0. The predicted molar refractivity (Wildman–Crippen MR) is 102 cm³/mol. The zero-order chi connectivity index (χ0) is 18.5. The largest absolute Gasteiger partial charge is 0.377 e. The molecule has 0 radical (unpaired) electrons. The van der Waals surface area contributed by atoms with Crippen molar-refractivity contribution in [2.75, 3.05) is 44.8 Å². The van der Waals surface area contributed by atoms with Gasteiger partial charge in [-0.25, -0.2) is 0 Å². The summed E-state index contributed by atoms with van der Waals surface area (Å²) in [5.41, 5.74) is 1.99. The Hall–Kier alpha value is -2.09. The van der Waals surface area contributed by atoms with Gasteiger partial charge in [-0.2, -0.15) is 5.10 Å². The van der Waals surface area contributed by atoms with Crippen molar-refractivity contribution in [3.8, 4) is 0 Å². The van der Waals surface area contributed by atoms with E-state index in [0.717, 1.165) is 57.3 Å². The molecular weight excluding hydrogens is 342 g/mol. The SMILES string of the molecule is Cc1ccc(NC[C@H]2CO[C@@]3(COCCN(Cc4ccncc4)C3)C2)nn1. The first-order chi connectivity index (χ1) is 13.2. The quantitative estimate of drug-likeness (QED) is 0.863. The maximum atomic E-state index is 6.29. The van der Waals surface area contributed by atoms with Crippen LogP contribution in [-0.2, 0) is 16.0 Å². The van der Waals surface area contributed by atoms with Crippen molar-refractivity contribution >= 4 is 5.82 Å². The van der Waals surface area contributed by atoms with Gasteiger partial charge in [0.05, 0.1) is 25.5 Å². The van der Waals surface area contributed by atoms with E-state index >= 15 is 0 Å². The second-order valence-electron chi connectivity index (χ2n) is 7.62. The van der Waals surface area contributed by atoms with Crippen molar-refractivity contribution in [3.05, 3.63) is 47.9 Å². The molecule has 7 heteroatoms. The molecule has 0 saturated carbocycles. The lowest BCUT2D eigenvalue weighted by molar-refractivity contribution is -0.0562. The summed E-state index contributed by atoms with van der Waals surface area (Å²) in [6, 6.07) is 8.09. The zero-order valence-corrected chi connectivity index (χ0v) is 15.8. The molecule has 27 heavy (non-hydrogen) atoms. The minimum Gasteiger partial charge on any atom is -0.377 e. The Bertz CT molecular complexity index is 727. The fraction of sp³-hybridized carbons (Fsp3) is 0.550. The molecule has 2 aliphatic rings. The third-order valence-corrected chi connectivity index (χ3v) is 5.24. The smallest absolute Gasteiger partial charge is 0.148 e. The molecule has 2 fully saturated rings. The van der Waals surface area contributed by atoms with Gasteiger partial charge in [0.15, 0.2) is 0 Å². The van der Waals surface area contributed by atoms with Gasteiger partial charge in [-0.15, -0.1) is 5.10 Å². The van der Waals surface area contributed by atoms with Gasteiger partial charge in [-0.1, -0.05) is 0 Å². The molecule has 0 bridgehead atoms. The third kappa shape index (κ3) is 4.80. The Kier molecular flexibility index (Phi) is 5.61. The minimum atomic E-state index is -0.213. The highest BCUT2D eigenvalue weighted by atomic mass is 16.5. The number of aromatic nitrogens is 3. The predicted octanol–water partition coefficient (Wildman–Crippen LogP) is 1.90. The monoisotopic (exact) mass is 369 g/mol. The van der Waals surface area contributed by atoms with E-state index in [9.17, 15) is 0 Å². The van der Waals surface area contributed by atoms with Crippen LogP contribution in [-0.4, -0.2) is 65.1 Å². The Labute approximate surface area is 160 Å². The molecule has 4 rings (SSSR count). The number of ether oxygens (including phenoxy) is 2. The second-order valence-corrected chi connectivity index (χ2v) is 7.62. The highest BCUT2D eigenvalue weighted by Crippen LogP contribution is 2.33. The Morgan fingerprint density at radius 1 is 1.22 bits per heavy atom. The van der Waals surface area contributed by atoms with Gasteiger partial charge in [0.1, 0.15) is 11.4 Å². The Morgan fingerprint density at radius 2 is 2.11 bits per heavy atom. The van der Waals surface area contributed by atoms with Crippen molar-refractivity contribution in [1.82, 2.24) is 20.1 Å². The number of nitrogens with one attached hydrogen (secondary N) is 1. The van der Waals surface area contributed by atoms with Gasteiger partial charge >= 0.3 is 0 Å². The molecule has 1 N–H and O–H groups in total. The summed E-state index contributed by atoms with van der Waals surface area (Å²) in [6.07, 6.45) is 4.69. The standard InChI is InChI=1S/C20H27N5O2/c1-16-2-3-19(24-23-16)22-11-18-10-20(27-13-18)14-25(8-9-26-15-20)12-17-4-6-21-7-5-17/h2-7,18H,8-15H2,1H3,(H,22,24)/t18-,20-/m0/s1. The average molecular weight is 369 g/mol. The van der Waals surface area contributed by atoms with Crippen LogP contribution in [0.2, 0.25) is 0 Å². The van der Waals surface area contributed by atoms with Crippen LogP contribution in [0.25, 0.3) is 0 Å². The molecule has 2 aliphatic heterocycles. The number of hydrogen-bond acceptors (Lipinski definition) is 7. The lowest BCUT2D eigenvalue weighted by Gasteiger charge is -2.31. The van der Waals surface area contributed by atoms with E-state index < -0.39 is 0 Å². The number of nitrogens with zero attached hydrogens (tertiary/aromatic N) is 4. The maximum absolute atomic E-state index is 6.29. The van der Waals surface area contributed by atoms with Crippen molar-refractivity contribution in [2.45, 2.75) is 25.5 Å². The third-order valence-electron chi connectivity index (χ3n) is 5.24. The van der Waals surface area contributed by atoms with E-state index in [1.54, 1.807) is 0 Å². The number of rotatable bonds is 5. The molecule has 0 amide bonds. The molecule has 2 aromatic heterocycles. The molecule has 2 aromatic rings. The van der Waals surface area contributed by atoms with E-state index in [-0.39, 0.29) is 5.60 Å². The lowest BCUT2D eigenvalue weighted by atomic mass is 9.94. The Balaban J connectivity index is 1.34. The zero-order valence-electron chi connectivity index (χ0n) is 15.8. The molecule has 2 saturated heterocycles. The van der Waals surface area contributed by atoms with Crippen LogP contribution in [0.4, 0.5) is 5.82 Å². The molecular formula is C20H27N5O2. The first kappa shape index (κ1) is 18.3. The van der Waals surface area contributed by atoms with Gasteiger partial charge in [-0.3, -0.25) is 9.88 Å². The van der Waals surface area contributed by atoms with Crippen LogP contribution >= 0.6 is 0 Å². The van der Waals surface area contributed by atoms with E-state index in [0.29, 0.717) is 12.5 Å². The van der Waals surface area contributed by atoms with Gasteiger partial charge in [0, 0.05) is 44.5 Å². The highest BCUT2D eigenvalue weighted by molar-refractivity contribution is 5.32. The van der Waals surface area contributed by atoms with Crippen LogP contribution in [0.5, 0.6) is 0 Å². The topological polar surface area (TPSA) is 72.4 Å². The molecule has 1 spiro atoms. The molecule has 0 aliphatic carbocycles. The summed E-state index contributed by atoms with van der Waals surface area (Å²) < 4.78 is 12.2. The van der Waals surface area contributed by atoms with Crippen molar-refractivity contribution < 1.29 is 9.47 Å². The van der Waals surface area contributed by atoms with E-state index in [4.69, 9.17) is 9.47 Å². The highest BCUT2D eigenvalue weighted by Gasteiger charge is 2.43. The first-order valence-corrected chi connectivity index (χ1v) is 9.58. The van der Waals surface area contributed by atoms with Gasteiger partial charge in [0.2, 0.25) is 0 Å².